The maximum Gasteiger partial charge on any atom is 0.294 e. The van der Waals surface area contributed by atoms with E-state index >= 15 is 0 Å². The minimum Gasteiger partial charge on any atom is -0.363 e. The van der Waals surface area contributed by atoms with Crippen LogP contribution in [0.15, 0.2) is 53.5 Å². The molecule has 0 atom stereocenters. The van der Waals surface area contributed by atoms with Crippen molar-refractivity contribution >= 4 is 29.4 Å². The SMILES string of the molecule is CCC(=O)c1cc(-c2cnc(NC(C)C)c(=O)n2CC(=O)NCc2ccc(C=N)cc2)cc([N+](=O)[O-])c1. The standard InChI is InChI=1S/C26H28N6O5/c1-4-23(33)20-9-19(10-21(11-20)32(36)37)22-14-29-25(30-16(2)3)26(35)31(22)15-24(34)28-13-18-7-5-17(12-27)6-8-18/h5-12,14,16,27H,4,13,15H2,1-3H3,(H,28,34)(H,29,30). The third-order valence-corrected chi connectivity index (χ3v) is 5.49. The van der Waals surface area contributed by atoms with Crippen molar-refractivity contribution in [1.29, 1.82) is 5.41 Å². The van der Waals surface area contributed by atoms with Gasteiger partial charge in [-0.05, 0) is 31.0 Å². The summed E-state index contributed by atoms with van der Waals surface area (Å²) in [4.78, 5) is 53.6. The van der Waals surface area contributed by atoms with Crippen molar-refractivity contribution in [1.82, 2.24) is 14.9 Å². The van der Waals surface area contributed by atoms with E-state index in [-0.39, 0.29) is 59.7 Å². The van der Waals surface area contributed by atoms with E-state index in [2.05, 4.69) is 15.6 Å². The lowest BCUT2D eigenvalue weighted by atomic mass is 10.0. The second kappa shape index (κ2) is 11.8. The highest BCUT2D eigenvalue weighted by atomic mass is 16.6. The molecule has 0 fully saturated rings. The second-order valence-electron chi connectivity index (χ2n) is 8.65. The van der Waals surface area contributed by atoms with Crippen molar-refractivity contribution in [3.63, 3.8) is 0 Å². The molecule has 37 heavy (non-hydrogen) atoms. The minimum atomic E-state index is -0.614. The topological polar surface area (TPSA) is 160 Å². The molecule has 3 N–H and O–H groups in total. The molecule has 0 spiro atoms. The van der Waals surface area contributed by atoms with E-state index in [9.17, 15) is 24.5 Å². The molecular weight excluding hydrogens is 476 g/mol. The number of rotatable bonds is 11. The van der Waals surface area contributed by atoms with Crippen LogP contribution in [-0.2, 0) is 17.9 Å². The number of carbonyl (C=O) groups is 2. The molecule has 192 valence electrons. The molecule has 1 amide bonds. The van der Waals surface area contributed by atoms with Gasteiger partial charge in [0.05, 0.1) is 16.8 Å². The molecule has 0 aliphatic rings. The summed E-state index contributed by atoms with van der Waals surface area (Å²) < 4.78 is 1.18. The molecule has 0 unspecified atom stereocenters. The van der Waals surface area contributed by atoms with Gasteiger partial charge in [-0.2, -0.15) is 0 Å². The van der Waals surface area contributed by atoms with E-state index in [1.54, 1.807) is 31.2 Å². The summed E-state index contributed by atoms with van der Waals surface area (Å²) in [5.41, 5.74) is 1.17. The zero-order valence-corrected chi connectivity index (χ0v) is 20.8. The van der Waals surface area contributed by atoms with Gasteiger partial charge in [0.1, 0.15) is 6.54 Å². The molecule has 0 radical (unpaired) electrons. The quantitative estimate of drug-likeness (QED) is 0.156. The number of anilines is 1. The average Bonchev–Trinajstić information content (AvgIpc) is 2.89. The molecule has 11 heteroatoms. The average molecular weight is 505 g/mol. The maximum atomic E-state index is 13.3. The van der Waals surface area contributed by atoms with E-state index in [0.29, 0.717) is 0 Å². The molecule has 2 aromatic carbocycles. The van der Waals surface area contributed by atoms with Crippen LogP contribution in [0.1, 0.15) is 48.7 Å². The van der Waals surface area contributed by atoms with Crippen LogP contribution in [0.4, 0.5) is 11.5 Å². The summed E-state index contributed by atoms with van der Waals surface area (Å²) >= 11 is 0. The van der Waals surface area contributed by atoms with Gasteiger partial charge in [-0.15, -0.1) is 0 Å². The molecule has 0 saturated carbocycles. The molecular formula is C26H28N6O5. The number of nitrogens with zero attached hydrogens (tertiary/aromatic N) is 3. The molecule has 0 aliphatic heterocycles. The lowest BCUT2D eigenvalue weighted by molar-refractivity contribution is -0.384. The first-order chi connectivity index (χ1) is 17.6. The number of carbonyl (C=O) groups excluding carboxylic acids is 2. The summed E-state index contributed by atoms with van der Waals surface area (Å²) in [5.74, 6) is -0.725. The Morgan fingerprint density at radius 3 is 2.49 bits per heavy atom. The van der Waals surface area contributed by atoms with Gasteiger partial charge >= 0.3 is 0 Å². The van der Waals surface area contributed by atoms with Gasteiger partial charge in [-0.3, -0.25) is 29.1 Å². The third-order valence-electron chi connectivity index (χ3n) is 5.49. The van der Waals surface area contributed by atoms with Gasteiger partial charge in [0.15, 0.2) is 11.6 Å². The molecule has 1 aromatic heterocycles. The number of hydrogen-bond donors (Lipinski definition) is 3. The number of nitro groups is 1. The smallest absolute Gasteiger partial charge is 0.294 e. The minimum absolute atomic E-state index is 0.0315. The van der Waals surface area contributed by atoms with Crippen LogP contribution in [0, 0.1) is 15.5 Å². The zero-order chi connectivity index (χ0) is 27.1. The Bertz CT molecular complexity index is 1400. The number of aromatic nitrogens is 2. The largest absolute Gasteiger partial charge is 0.363 e. The van der Waals surface area contributed by atoms with Crippen LogP contribution < -0.4 is 16.2 Å². The van der Waals surface area contributed by atoms with Gasteiger partial charge in [0.2, 0.25) is 5.91 Å². The lowest BCUT2D eigenvalue weighted by Crippen LogP contribution is -2.35. The predicted molar refractivity (Wildman–Crippen MR) is 140 cm³/mol. The van der Waals surface area contributed by atoms with Crippen LogP contribution in [-0.4, -0.2) is 38.4 Å². The van der Waals surface area contributed by atoms with Gasteiger partial charge in [-0.1, -0.05) is 31.2 Å². The Balaban J connectivity index is 2.01. The van der Waals surface area contributed by atoms with Crippen LogP contribution in [0.2, 0.25) is 0 Å². The number of hydrogen-bond acceptors (Lipinski definition) is 8. The second-order valence-corrected chi connectivity index (χ2v) is 8.65. The van der Waals surface area contributed by atoms with E-state index in [4.69, 9.17) is 5.41 Å². The molecule has 0 aliphatic carbocycles. The van der Waals surface area contributed by atoms with Crippen LogP contribution in [0.3, 0.4) is 0 Å². The molecule has 3 rings (SSSR count). The number of amides is 1. The molecule has 11 nitrogen and oxygen atoms in total. The van der Waals surface area contributed by atoms with E-state index in [0.717, 1.165) is 11.1 Å². The van der Waals surface area contributed by atoms with Gasteiger partial charge in [0, 0.05) is 48.5 Å². The molecule has 0 saturated heterocycles. The first-order valence-corrected chi connectivity index (χ1v) is 11.7. The van der Waals surface area contributed by atoms with Gasteiger partial charge in [0.25, 0.3) is 11.2 Å². The summed E-state index contributed by atoms with van der Waals surface area (Å²) in [5, 5.41) is 24.5. The fourth-order valence-corrected chi connectivity index (χ4v) is 3.61. The molecule has 1 heterocycles. The van der Waals surface area contributed by atoms with Gasteiger partial charge < -0.3 is 16.0 Å². The maximum absolute atomic E-state index is 13.3. The highest BCUT2D eigenvalue weighted by molar-refractivity contribution is 5.97. The molecule has 3 aromatic rings. The summed E-state index contributed by atoms with van der Waals surface area (Å²) in [6.07, 6.45) is 2.72. The summed E-state index contributed by atoms with van der Waals surface area (Å²) in [6, 6.07) is 10.9. The van der Waals surface area contributed by atoms with Crippen LogP contribution >= 0.6 is 0 Å². The highest BCUT2D eigenvalue weighted by Gasteiger charge is 2.20. The summed E-state index contributed by atoms with van der Waals surface area (Å²) in [7, 11) is 0. The van der Waals surface area contributed by atoms with Crippen LogP contribution in [0.5, 0.6) is 0 Å². The van der Waals surface area contributed by atoms with E-state index < -0.39 is 16.4 Å². The summed E-state index contributed by atoms with van der Waals surface area (Å²) in [6.45, 7) is 5.14. The molecule has 0 bridgehead atoms. The number of nitro benzene ring substituents is 1. The van der Waals surface area contributed by atoms with Crippen molar-refractivity contribution < 1.29 is 14.5 Å². The van der Waals surface area contributed by atoms with E-state index in [1.165, 1.54) is 35.2 Å². The third kappa shape index (κ3) is 6.72. The Morgan fingerprint density at radius 1 is 1.19 bits per heavy atom. The number of non-ortho nitro benzene ring substituents is 1. The number of nitrogens with one attached hydrogen (secondary N) is 3. The first kappa shape index (κ1) is 26.9. The van der Waals surface area contributed by atoms with Crippen molar-refractivity contribution in [2.24, 2.45) is 0 Å². The fraction of sp³-hybridized carbons (Fsp3) is 0.269. The van der Waals surface area contributed by atoms with Crippen molar-refractivity contribution in [2.75, 3.05) is 5.32 Å². The zero-order valence-electron chi connectivity index (χ0n) is 20.8. The van der Waals surface area contributed by atoms with Crippen molar-refractivity contribution in [3.8, 4) is 11.3 Å². The normalized spacial score (nSPS) is 10.7. The van der Waals surface area contributed by atoms with Crippen molar-refractivity contribution in [3.05, 3.63) is 85.8 Å². The van der Waals surface area contributed by atoms with Crippen LogP contribution in [0.25, 0.3) is 11.3 Å². The number of Topliss-reactive ketones (excluding diaryl/α,β-unsaturated/α-hetero) is 1. The Morgan fingerprint density at radius 2 is 1.89 bits per heavy atom. The van der Waals surface area contributed by atoms with Crippen molar-refractivity contribution in [2.45, 2.75) is 46.3 Å². The predicted octanol–water partition coefficient (Wildman–Crippen LogP) is 3.55. The Hall–Kier alpha value is -4.67. The van der Waals surface area contributed by atoms with E-state index in [1.807, 2.05) is 13.8 Å². The first-order valence-electron chi connectivity index (χ1n) is 11.7. The highest BCUT2D eigenvalue weighted by Crippen LogP contribution is 2.26. The van der Waals surface area contributed by atoms with Gasteiger partial charge in [-0.25, -0.2) is 4.98 Å². The monoisotopic (exact) mass is 504 g/mol. The Kier molecular flexibility index (Phi) is 8.62. The number of benzene rings is 2. The fourth-order valence-electron chi connectivity index (χ4n) is 3.61. The number of ketones is 1. The lowest BCUT2D eigenvalue weighted by Gasteiger charge is -2.16. The Labute approximate surface area is 213 Å².